The van der Waals surface area contributed by atoms with Crippen LogP contribution in [0.5, 0.6) is 0 Å². The quantitative estimate of drug-likeness (QED) is 0.187. The van der Waals surface area contributed by atoms with Crippen LogP contribution in [0.2, 0.25) is 0 Å². The minimum Gasteiger partial charge on any atom is -0.135 e. The zero-order valence-corrected chi connectivity index (χ0v) is 24.5. The molecule has 1 aromatic heterocycles. The van der Waals surface area contributed by atoms with E-state index in [1.54, 1.807) is 0 Å². The first-order valence-corrected chi connectivity index (χ1v) is 15.9. The fourth-order valence-corrected chi connectivity index (χ4v) is 8.37. The van der Waals surface area contributed by atoms with Crippen molar-refractivity contribution in [1.82, 2.24) is 0 Å². The lowest BCUT2D eigenvalue weighted by Gasteiger charge is -2.20. The summed E-state index contributed by atoms with van der Waals surface area (Å²) < 4.78 is 2.66. The van der Waals surface area contributed by atoms with E-state index in [2.05, 4.69) is 146 Å². The Labute approximate surface area is 254 Å². The van der Waals surface area contributed by atoms with Crippen LogP contribution in [-0.4, -0.2) is 0 Å². The minimum absolute atomic E-state index is 1.07. The van der Waals surface area contributed by atoms with Crippen molar-refractivity contribution in [3.8, 4) is 22.3 Å². The van der Waals surface area contributed by atoms with Crippen molar-refractivity contribution < 1.29 is 0 Å². The summed E-state index contributed by atoms with van der Waals surface area (Å²) in [6, 6.07) is 47.4. The predicted octanol–water partition coefficient (Wildman–Crippen LogP) is 12.6. The highest BCUT2D eigenvalue weighted by molar-refractivity contribution is 7.26. The lowest BCUT2D eigenvalue weighted by molar-refractivity contribution is 1.06. The standard InChI is InChI=1S/C42H28S/c1-2-13-28(14-3-1)40-32-17-6-8-19-34(32)41(35-20-9-7-18-33(35)40)36-22-11-23-39-42(36)37-26-29(24-25-38(37)43-39)31-21-10-15-27-12-4-5-16-30(27)31/h1-2,4-13,15-26H,3,14H2. The van der Waals surface area contributed by atoms with Crippen molar-refractivity contribution in [2.24, 2.45) is 0 Å². The first kappa shape index (κ1) is 24.6. The summed E-state index contributed by atoms with van der Waals surface area (Å²) in [4.78, 5) is 0. The lowest BCUT2D eigenvalue weighted by Crippen LogP contribution is -1.95. The van der Waals surface area contributed by atoms with E-state index in [4.69, 9.17) is 0 Å². The average molecular weight is 565 g/mol. The first-order chi connectivity index (χ1) is 21.3. The molecular weight excluding hydrogens is 537 g/mol. The highest BCUT2D eigenvalue weighted by atomic mass is 32.1. The van der Waals surface area contributed by atoms with Gasteiger partial charge in [0.2, 0.25) is 0 Å². The Hall–Kier alpha value is -4.98. The Kier molecular flexibility index (Phi) is 5.61. The molecule has 43 heavy (non-hydrogen) atoms. The number of thiophene rings is 1. The van der Waals surface area contributed by atoms with Gasteiger partial charge < -0.3 is 0 Å². The molecule has 0 unspecified atom stereocenters. The highest BCUT2D eigenvalue weighted by Crippen LogP contribution is 2.48. The molecule has 0 saturated carbocycles. The normalized spacial score (nSPS) is 13.4. The lowest BCUT2D eigenvalue weighted by atomic mass is 9.83. The molecule has 1 aliphatic rings. The fraction of sp³-hybridized carbons (Fsp3) is 0.0476. The number of allylic oxidation sites excluding steroid dienone is 4. The first-order valence-electron chi connectivity index (χ1n) is 15.1. The van der Waals surface area contributed by atoms with E-state index in [1.165, 1.54) is 85.9 Å². The summed E-state index contributed by atoms with van der Waals surface area (Å²) in [6.07, 6.45) is 8.99. The van der Waals surface area contributed by atoms with Crippen LogP contribution in [0.15, 0.2) is 146 Å². The van der Waals surface area contributed by atoms with Crippen molar-refractivity contribution in [2.45, 2.75) is 12.8 Å². The van der Waals surface area contributed by atoms with Gasteiger partial charge in [0.05, 0.1) is 0 Å². The molecular formula is C42H28S. The van der Waals surface area contributed by atoms with Gasteiger partial charge in [0.25, 0.3) is 0 Å². The molecule has 7 aromatic carbocycles. The smallest absolute Gasteiger partial charge is 0.0361 e. The minimum atomic E-state index is 1.07. The number of hydrogen-bond acceptors (Lipinski definition) is 1. The van der Waals surface area contributed by atoms with Crippen LogP contribution in [-0.2, 0) is 0 Å². The monoisotopic (exact) mass is 564 g/mol. The van der Waals surface area contributed by atoms with Crippen LogP contribution < -0.4 is 0 Å². The summed E-state index contributed by atoms with van der Waals surface area (Å²) in [5.41, 5.74) is 8.02. The predicted molar refractivity (Wildman–Crippen MR) is 189 cm³/mol. The summed E-state index contributed by atoms with van der Waals surface area (Å²) in [5, 5.41) is 10.6. The van der Waals surface area contributed by atoms with Crippen molar-refractivity contribution in [3.63, 3.8) is 0 Å². The van der Waals surface area contributed by atoms with Crippen LogP contribution in [0, 0.1) is 0 Å². The topological polar surface area (TPSA) is 0 Å². The number of hydrogen-bond donors (Lipinski definition) is 0. The van der Waals surface area contributed by atoms with Crippen LogP contribution in [0.1, 0.15) is 18.4 Å². The highest BCUT2D eigenvalue weighted by Gasteiger charge is 2.20. The van der Waals surface area contributed by atoms with E-state index < -0.39 is 0 Å². The molecule has 0 radical (unpaired) electrons. The maximum Gasteiger partial charge on any atom is 0.0361 e. The molecule has 0 aliphatic heterocycles. The second-order valence-corrected chi connectivity index (χ2v) is 12.6. The maximum absolute atomic E-state index is 2.43. The van der Waals surface area contributed by atoms with Gasteiger partial charge in [-0.05, 0) is 96.7 Å². The number of fused-ring (bicyclic) bond motifs is 6. The van der Waals surface area contributed by atoms with Crippen molar-refractivity contribution in [3.05, 3.63) is 151 Å². The third-order valence-corrected chi connectivity index (χ3v) is 10.3. The molecule has 1 heterocycles. The van der Waals surface area contributed by atoms with Gasteiger partial charge in [-0.1, -0.05) is 127 Å². The molecule has 0 spiro atoms. The molecule has 0 atom stereocenters. The van der Waals surface area contributed by atoms with E-state index in [9.17, 15) is 0 Å². The Morgan fingerprint density at radius 2 is 1.14 bits per heavy atom. The van der Waals surface area contributed by atoms with Crippen LogP contribution in [0.3, 0.4) is 0 Å². The summed E-state index contributed by atoms with van der Waals surface area (Å²) in [5.74, 6) is 0. The number of benzene rings is 7. The Morgan fingerprint density at radius 3 is 1.88 bits per heavy atom. The van der Waals surface area contributed by atoms with E-state index in [0.717, 1.165) is 12.8 Å². The maximum atomic E-state index is 2.43. The summed E-state index contributed by atoms with van der Waals surface area (Å²) in [6.45, 7) is 0. The van der Waals surface area contributed by atoms with E-state index in [1.807, 2.05) is 11.3 Å². The van der Waals surface area contributed by atoms with E-state index >= 15 is 0 Å². The van der Waals surface area contributed by atoms with Gasteiger partial charge in [0.15, 0.2) is 0 Å². The van der Waals surface area contributed by atoms with Gasteiger partial charge in [-0.25, -0.2) is 0 Å². The van der Waals surface area contributed by atoms with Crippen LogP contribution in [0.4, 0.5) is 0 Å². The largest absolute Gasteiger partial charge is 0.135 e. The molecule has 0 amide bonds. The van der Waals surface area contributed by atoms with E-state index in [0.29, 0.717) is 0 Å². The van der Waals surface area contributed by atoms with Gasteiger partial charge in [0, 0.05) is 20.2 Å². The molecule has 8 aromatic rings. The Bertz CT molecular complexity index is 2390. The van der Waals surface area contributed by atoms with Crippen LogP contribution in [0.25, 0.3) is 80.3 Å². The molecule has 0 fully saturated rings. The molecule has 0 bridgehead atoms. The van der Waals surface area contributed by atoms with Gasteiger partial charge in [-0.15, -0.1) is 11.3 Å². The van der Waals surface area contributed by atoms with Gasteiger partial charge >= 0.3 is 0 Å². The van der Waals surface area contributed by atoms with Crippen molar-refractivity contribution >= 4 is 69.4 Å². The summed E-state index contributed by atoms with van der Waals surface area (Å²) >= 11 is 1.90. The van der Waals surface area contributed by atoms with Crippen molar-refractivity contribution in [1.29, 1.82) is 0 Å². The average Bonchev–Trinajstić information content (AvgIpc) is 3.45. The molecule has 1 heteroatoms. The molecule has 9 rings (SSSR count). The zero-order valence-electron chi connectivity index (χ0n) is 23.7. The molecule has 0 saturated heterocycles. The molecule has 0 nitrogen and oxygen atoms in total. The van der Waals surface area contributed by atoms with Gasteiger partial charge in [0.1, 0.15) is 0 Å². The number of rotatable bonds is 3. The zero-order chi connectivity index (χ0) is 28.3. The van der Waals surface area contributed by atoms with Gasteiger partial charge in [-0.3, -0.25) is 0 Å². The Balaban J connectivity index is 1.38. The Morgan fingerprint density at radius 1 is 0.488 bits per heavy atom. The third-order valence-electron chi connectivity index (χ3n) is 9.13. The SMILES string of the molecule is C1=CCCC(c2c3ccccc3c(-c3cccc4sc5ccc(-c6cccc7ccccc67)cc5c34)c3ccccc23)=C1. The second-order valence-electron chi connectivity index (χ2n) is 11.5. The summed E-state index contributed by atoms with van der Waals surface area (Å²) in [7, 11) is 0. The molecule has 1 aliphatic carbocycles. The molecule has 0 N–H and O–H groups in total. The molecule has 202 valence electrons. The van der Waals surface area contributed by atoms with E-state index in [-0.39, 0.29) is 0 Å². The second kappa shape index (κ2) is 9.80. The van der Waals surface area contributed by atoms with Crippen LogP contribution >= 0.6 is 11.3 Å². The third kappa shape index (κ3) is 3.82. The fourth-order valence-electron chi connectivity index (χ4n) is 7.26. The van der Waals surface area contributed by atoms with Gasteiger partial charge in [-0.2, -0.15) is 0 Å². The van der Waals surface area contributed by atoms with Crippen molar-refractivity contribution in [2.75, 3.05) is 0 Å².